The van der Waals surface area contributed by atoms with E-state index in [4.69, 9.17) is 4.52 Å². The van der Waals surface area contributed by atoms with Gasteiger partial charge >= 0.3 is 0 Å². The van der Waals surface area contributed by atoms with Crippen molar-refractivity contribution in [1.82, 2.24) is 10.1 Å². The molecule has 100 valence electrons. The Morgan fingerprint density at radius 3 is 2.70 bits per heavy atom. The molecule has 0 fully saturated rings. The van der Waals surface area contributed by atoms with E-state index in [9.17, 15) is 4.79 Å². The molecular formula is C14H11N3O2S. The zero-order valence-corrected chi connectivity index (χ0v) is 11.3. The van der Waals surface area contributed by atoms with Crippen molar-refractivity contribution in [2.75, 3.05) is 4.90 Å². The van der Waals surface area contributed by atoms with Crippen molar-refractivity contribution < 1.29 is 9.32 Å². The highest BCUT2D eigenvalue weighted by Crippen LogP contribution is 2.20. The largest absolute Gasteiger partial charge is 0.351 e. The second kappa shape index (κ2) is 5.66. The summed E-state index contributed by atoms with van der Waals surface area (Å²) < 4.78 is 4.96. The van der Waals surface area contributed by atoms with Crippen molar-refractivity contribution in [3.05, 3.63) is 64.9 Å². The lowest BCUT2D eigenvalue weighted by molar-refractivity contribution is 0.0949. The summed E-state index contributed by atoms with van der Waals surface area (Å²) >= 11 is 1.51. The zero-order valence-electron chi connectivity index (χ0n) is 10.5. The van der Waals surface area contributed by atoms with Crippen LogP contribution in [0.25, 0.3) is 0 Å². The number of hydrogen-bond donors (Lipinski definition) is 0. The Morgan fingerprint density at radius 2 is 2.05 bits per heavy atom. The Balaban J connectivity index is 1.93. The molecule has 0 aliphatic rings. The van der Waals surface area contributed by atoms with E-state index in [-0.39, 0.29) is 11.7 Å². The number of rotatable bonds is 4. The molecule has 6 heteroatoms. The van der Waals surface area contributed by atoms with Crippen LogP contribution in [0.3, 0.4) is 0 Å². The third-order valence-electron chi connectivity index (χ3n) is 2.74. The normalized spacial score (nSPS) is 10.4. The van der Waals surface area contributed by atoms with E-state index in [0.717, 1.165) is 10.7 Å². The molecule has 2 aromatic heterocycles. The van der Waals surface area contributed by atoms with E-state index in [0.29, 0.717) is 6.54 Å². The molecule has 1 aromatic carbocycles. The smallest absolute Gasteiger partial charge is 0.297 e. The predicted molar refractivity (Wildman–Crippen MR) is 75.6 cm³/mol. The molecule has 0 aliphatic carbocycles. The lowest BCUT2D eigenvalue weighted by atomic mass is 10.2. The molecule has 0 saturated heterocycles. The number of aromatic nitrogens is 2. The Bertz CT molecular complexity index is 666. The number of hydrogen-bond acceptors (Lipinski definition) is 5. The van der Waals surface area contributed by atoms with Crippen molar-refractivity contribution in [3.8, 4) is 0 Å². The first kappa shape index (κ1) is 12.6. The maximum absolute atomic E-state index is 12.5. The van der Waals surface area contributed by atoms with Crippen molar-refractivity contribution in [2.24, 2.45) is 0 Å². The fourth-order valence-corrected chi connectivity index (χ4v) is 2.42. The van der Waals surface area contributed by atoms with Crippen molar-refractivity contribution in [2.45, 2.75) is 6.54 Å². The van der Waals surface area contributed by atoms with Gasteiger partial charge < -0.3 is 4.52 Å². The van der Waals surface area contributed by atoms with Crippen LogP contribution in [0.15, 0.2) is 58.7 Å². The molecule has 2 heterocycles. The van der Waals surface area contributed by atoms with E-state index in [1.54, 1.807) is 17.2 Å². The molecule has 20 heavy (non-hydrogen) atoms. The minimum absolute atomic E-state index is 0.213. The van der Waals surface area contributed by atoms with E-state index >= 15 is 0 Å². The fraction of sp³-hybridized carbons (Fsp3) is 0.0714. The minimum atomic E-state index is -0.232. The number of para-hydroxylation sites is 1. The summed E-state index contributed by atoms with van der Waals surface area (Å²) in [6.45, 7) is 0.404. The average Bonchev–Trinajstić information content (AvgIpc) is 3.18. The standard InChI is InChI=1S/C14H11N3O2S/c18-14(12-6-7-16-19-12)17(10-13-15-8-9-20-13)11-4-2-1-3-5-11/h1-9H,10H2. The lowest BCUT2D eigenvalue weighted by Gasteiger charge is -2.20. The van der Waals surface area contributed by atoms with Crippen molar-refractivity contribution in [3.63, 3.8) is 0 Å². The summed E-state index contributed by atoms with van der Waals surface area (Å²) in [5, 5.41) is 6.33. The minimum Gasteiger partial charge on any atom is -0.351 e. The van der Waals surface area contributed by atoms with Gasteiger partial charge in [0.2, 0.25) is 5.76 Å². The molecular weight excluding hydrogens is 274 g/mol. The molecule has 0 aliphatic heterocycles. The Morgan fingerprint density at radius 1 is 1.20 bits per heavy atom. The van der Waals surface area contributed by atoms with E-state index in [2.05, 4.69) is 10.1 Å². The number of nitrogens with zero attached hydrogens (tertiary/aromatic N) is 3. The molecule has 3 rings (SSSR count). The van der Waals surface area contributed by atoms with E-state index in [1.807, 2.05) is 35.7 Å². The molecule has 0 N–H and O–H groups in total. The average molecular weight is 285 g/mol. The quantitative estimate of drug-likeness (QED) is 0.739. The van der Waals surface area contributed by atoms with Gasteiger partial charge in [0.05, 0.1) is 12.7 Å². The first-order valence-electron chi connectivity index (χ1n) is 6.00. The number of carbonyl (C=O) groups excluding carboxylic acids is 1. The van der Waals surface area contributed by atoms with Gasteiger partial charge in [-0.25, -0.2) is 4.98 Å². The van der Waals surface area contributed by atoms with Crippen LogP contribution in [0, 0.1) is 0 Å². The van der Waals surface area contributed by atoms with Gasteiger partial charge in [-0.05, 0) is 12.1 Å². The van der Waals surface area contributed by atoms with Gasteiger partial charge in [-0.2, -0.15) is 0 Å². The number of thiazole rings is 1. The van der Waals surface area contributed by atoms with Gasteiger partial charge in [0.1, 0.15) is 5.01 Å². The SMILES string of the molecule is O=C(c1ccno1)N(Cc1nccs1)c1ccccc1. The van der Waals surface area contributed by atoms with Crippen LogP contribution in [-0.4, -0.2) is 16.0 Å². The van der Waals surface area contributed by atoms with E-state index in [1.165, 1.54) is 17.5 Å². The monoisotopic (exact) mass is 285 g/mol. The summed E-state index contributed by atoms with van der Waals surface area (Å²) in [6.07, 6.45) is 3.18. The van der Waals surface area contributed by atoms with E-state index < -0.39 is 0 Å². The third kappa shape index (κ3) is 2.60. The maximum atomic E-state index is 12.5. The second-order valence-electron chi connectivity index (χ2n) is 4.03. The first-order chi connectivity index (χ1) is 9.84. The zero-order chi connectivity index (χ0) is 13.8. The maximum Gasteiger partial charge on any atom is 0.297 e. The fourth-order valence-electron chi connectivity index (χ4n) is 1.81. The molecule has 0 saturated carbocycles. The Labute approximate surface area is 119 Å². The molecule has 0 radical (unpaired) electrons. The summed E-state index contributed by atoms with van der Waals surface area (Å²) in [7, 11) is 0. The number of benzene rings is 1. The summed E-state index contributed by atoms with van der Waals surface area (Å²) in [4.78, 5) is 18.3. The van der Waals surface area contributed by atoms with Crippen LogP contribution < -0.4 is 4.90 Å². The Hall–Kier alpha value is -2.47. The number of anilines is 1. The highest BCUT2D eigenvalue weighted by Gasteiger charge is 2.21. The summed E-state index contributed by atoms with van der Waals surface area (Å²) in [5.41, 5.74) is 0.795. The van der Waals surface area contributed by atoms with Crippen LogP contribution in [0.2, 0.25) is 0 Å². The molecule has 0 spiro atoms. The third-order valence-corrected chi connectivity index (χ3v) is 3.50. The topological polar surface area (TPSA) is 59.2 Å². The molecule has 0 unspecified atom stereocenters. The second-order valence-corrected chi connectivity index (χ2v) is 5.01. The predicted octanol–water partition coefficient (Wildman–Crippen LogP) is 2.98. The molecule has 1 amide bonds. The van der Waals surface area contributed by atoms with Gasteiger partial charge in [-0.1, -0.05) is 23.4 Å². The molecule has 5 nitrogen and oxygen atoms in total. The molecule has 0 atom stereocenters. The van der Waals surface area contributed by atoms with Gasteiger partial charge in [0.25, 0.3) is 5.91 Å². The van der Waals surface area contributed by atoms with Crippen molar-refractivity contribution in [1.29, 1.82) is 0 Å². The van der Waals surface area contributed by atoms with Crippen LogP contribution in [0.4, 0.5) is 5.69 Å². The first-order valence-corrected chi connectivity index (χ1v) is 6.88. The van der Waals surface area contributed by atoms with Crippen LogP contribution in [0.1, 0.15) is 15.6 Å². The van der Waals surface area contributed by atoms with Gasteiger partial charge in [0.15, 0.2) is 0 Å². The molecule has 0 bridgehead atoms. The number of amides is 1. The van der Waals surface area contributed by atoms with Crippen LogP contribution >= 0.6 is 11.3 Å². The summed E-state index contributed by atoms with van der Waals surface area (Å²) in [5.74, 6) is -0.0192. The highest BCUT2D eigenvalue weighted by atomic mass is 32.1. The number of carbonyl (C=O) groups is 1. The van der Waals surface area contributed by atoms with Gasteiger partial charge in [-0.3, -0.25) is 9.69 Å². The Kier molecular flexibility index (Phi) is 3.56. The summed E-state index contributed by atoms with van der Waals surface area (Å²) in [6, 6.07) is 11.0. The lowest BCUT2D eigenvalue weighted by Crippen LogP contribution is -2.30. The van der Waals surface area contributed by atoms with Crippen LogP contribution in [-0.2, 0) is 6.54 Å². The van der Waals surface area contributed by atoms with Gasteiger partial charge in [0, 0.05) is 23.3 Å². The molecule has 3 aromatic rings. The van der Waals surface area contributed by atoms with Gasteiger partial charge in [-0.15, -0.1) is 11.3 Å². The van der Waals surface area contributed by atoms with Crippen molar-refractivity contribution >= 4 is 22.9 Å². The van der Waals surface area contributed by atoms with Crippen LogP contribution in [0.5, 0.6) is 0 Å². The highest BCUT2D eigenvalue weighted by molar-refractivity contribution is 7.09.